The van der Waals surface area contributed by atoms with Gasteiger partial charge in [-0.2, -0.15) is 0 Å². The van der Waals surface area contributed by atoms with Crippen molar-refractivity contribution in [1.29, 1.82) is 0 Å². The van der Waals surface area contributed by atoms with Gasteiger partial charge in [0.2, 0.25) is 0 Å². The molecule has 136 valence electrons. The van der Waals surface area contributed by atoms with E-state index in [2.05, 4.69) is 32.0 Å². The van der Waals surface area contributed by atoms with Crippen LogP contribution in [-0.2, 0) is 0 Å². The highest BCUT2D eigenvalue weighted by molar-refractivity contribution is 5.89. The Morgan fingerprint density at radius 1 is 1.25 bits per heavy atom. The number of carboxylic acid groups (broad SMARTS) is 1. The van der Waals surface area contributed by atoms with Crippen LogP contribution >= 0.6 is 0 Å². The highest BCUT2D eigenvalue weighted by atomic mass is 19.1. The van der Waals surface area contributed by atoms with Crippen LogP contribution in [0.4, 0.5) is 10.1 Å². The summed E-state index contributed by atoms with van der Waals surface area (Å²) in [7, 11) is 0.500. The van der Waals surface area contributed by atoms with E-state index in [4.69, 9.17) is 5.11 Å². The monoisotopic (exact) mass is 337 g/mol. The molecule has 0 radical (unpaired) electrons. The first-order chi connectivity index (χ1) is 11.5. The van der Waals surface area contributed by atoms with Crippen LogP contribution in [0.15, 0.2) is 48.5 Å². The van der Waals surface area contributed by atoms with E-state index in [9.17, 15) is 9.18 Å². The molecule has 0 heterocycles. The van der Waals surface area contributed by atoms with E-state index < -0.39 is 5.97 Å². The Morgan fingerprint density at radius 2 is 1.75 bits per heavy atom. The Bertz CT molecular complexity index is 483. The van der Waals surface area contributed by atoms with Crippen LogP contribution in [0.5, 0.6) is 0 Å². The van der Waals surface area contributed by atoms with Crippen molar-refractivity contribution in [3.63, 3.8) is 0 Å². The Kier molecular flexibility index (Phi) is 23.1. The number of allylic oxidation sites excluding steroid dienone is 2. The second-order valence-corrected chi connectivity index (χ2v) is 4.60. The Hall–Kier alpha value is -2.23. The maximum absolute atomic E-state index is 10.8. The third kappa shape index (κ3) is 16.1. The molecule has 0 bridgehead atoms. The number of nitrogens with zero attached hydrogens (tertiary/aromatic N) is 1. The standard InChI is InChI=1S/C13H15NO2.C3H8.C3H6.CH3F/c1-3-4-5-8-14-12-9-11(13(15)16)7-6-10(12)2;2*1-3-2;1-2/h3,6-9H,1,4-5H2,2H3,(H,15,16);3H2,1-2H3;3H,1H2,2H3;1H3. The van der Waals surface area contributed by atoms with Gasteiger partial charge in [0.15, 0.2) is 0 Å². The molecule has 0 saturated heterocycles. The zero-order valence-corrected chi connectivity index (χ0v) is 15.7. The summed E-state index contributed by atoms with van der Waals surface area (Å²) in [5.74, 6) is -0.928. The topological polar surface area (TPSA) is 49.7 Å². The van der Waals surface area contributed by atoms with Crippen molar-refractivity contribution in [3.8, 4) is 0 Å². The molecule has 0 fully saturated rings. The Balaban J connectivity index is -0.000000470. The molecule has 1 N–H and O–H groups in total. The van der Waals surface area contributed by atoms with Crippen LogP contribution < -0.4 is 0 Å². The third-order valence-electron chi connectivity index (χ3n) is 2.19. The van der Waals surface area contributed by atoms with Gasteiger partial charge in [-0.05, 0) is 44.4 Å². The maximum atomic E-state index is 10.8. The predicted molar refractivity (Wildman–Crippen MR) is 105 cm³/mol. The van der Waals surface area contributed by atoms with Crippen molar-refractivity contribution in [2.24, 2.45) is 4.99 Å². The quantitative estimate of drug-likeness (QED) is 0.376. The molecule has 1 rings (SSSR count). The molecular formula is C20H32FNO2. The number of alkyl halides is 1. The largest absolute Gasteiger partial charge is 0.478 e. The number of aliphatic imine (C=N–C) groups is 1. The van der Waals surface area contributed by atoms with E-state index in [1.807, 2.05) is 19.9 Å². The fraction of sp³-hybridized carbons (Fsp3) is 0.400. The molecule has 0 aliphatic heterocycles. The van der Waals surface area contributed by atoms with Gasteiger partial charge in [0.1, 0.15) is 0 Å². The fourth-order valence-electron chi connectivity index (χ4n) is 1.24. The molecule has 0 unspecified atom stereocenters. The van der Waals surface area contributed by atoms with E-state index >= 15 is 0 Å². The summed E-state index contributed by atoms with van der Waals surface area (Å²) < 4.78 is 9.50. The van der Waals surface area contributed by atoms with Crippen LogP contribution in [0, 0.1) is 6.92 Å². The van der Waals surface area contributed by atoms with E-state index in [0.717, 1.165) is 18.4 Å². The summed E-state index contributed by atoms with van der Waals surface area (Å²) in [6, 6.07) is 4.94. The van der Waals surface area contributed by atoms with E-state index in [1.165, 1.54) is 6.42 Å². The third-order valence-corrected chi connectivity index (χ3v) is 2.19. The molecule has 1 aromatic carbocycles. The minimum absolute atomic E-state index is 0.265. The van der Waals surface area contributed by atoms with Gasteiger partial charge in [0, 0.05) is 6.21 Å². The van der Waals surface area contributed by atoms with Gasteiger partial charge >= 0.3 is 5.97 Å². The molecule has 4 heteroatoms. The van der Waals surface area contributed by atoms with Crippen LogP contribution in [-0.4, -0.2) is 24.5 Å². The van der Waals surface area contributed by atoms with Crippen molar-refractivity contribution in [1.82, 2.24) is 0 Å². The smallest absolute Gasteiger partial charge is 0.335 e. The predicted octanol–water partition coefficient (Wildman–Crippen LogP) is 6.56. The number of unbranched alkanes of at least 4 members (excludes halogenated alkanes) is 1. The number of hydrogen-bond acceptors (Lipinski definition) is 2. The first-order valence-corrected chi connectivity index (χ1v) is 7.90. The molecule has 0 amide bonds. The molecule has 3 nitrogen and oxygen atoms in total. The number of carboxylic acids is 1. The second kappa shape index (κ2) is 20.8. The van der Waals surface area contributed by atoms with E-state index in [-0.39, 0.29) is 5.56 Å². The molecular weight excluding hydrogens is 305 g/mol. The summed E-state index contributed by atoms with van der Waals surface area (Å²) in [4.78, 5) is 15.0. The number of carbonyl (C=O) groups is 1. The van der Waals surface area contributed by atoms with Gasteiger partial charge in [-0.3, -0.25) is 9.38 Å². The summed E-state index contributed by atoms with van der Waals surface area (Å²) in [5.41, 5.74) is 1.95. The summed E-state index contributed by atoms with van der Waals surface area (Å²) in [5, 5.41) is 8.84. The lowest BCUT2D eigenvalue weighted by Crippen LogP contribution is -1.95. The first kappa shape index (κ1) is 26.7. The molecule has 1 aromatic rings. The summed E-state index contributed by atoms with van der Waals surface area (Å²) in [6.07, 6.45) is 8.31. The van der Waals surface area contributed by atoms with Crippen molar-refractivity contribution < 1.29 is 14.3 Å². The van der Waals surface area contributed by atoms with Gasteiger partial charge < -0.3 is 5.11 Å². The SMILES string of the molecule is C=CC.C=CCCC=Nc1cc(C(=O)O)ccc1C.CCC.CF. The Labute approximate surface area is 146 Å². The number of aromatic carboxylic acids is 1. The summed E-state index contributed by atoms with van der Waals surface area (Å²) >= 11 is 0. The number of aryl methyl sites for hydroxylation is 1. The van der Waals surface area contributed by atoms with Gasteiger partial charge in [-0.1, -0.05) is 38.5 Å². The lowest BCUT2D eigenvalue weighted by molar-refractivity contribution is 0.0697. The molecule has 0 aliphatic rings. The zero-order chi connectivity index (χ0) is 19.4. The average molecular weight is 337 g/mol. The van der Waals surface area contributed by atoms with Crippen molar-refractivity contribution in [3.05, 3.63) is 54.6 Å². The first-order valence-electron chi connectivity index (χ1n) is 7.90. The molecule has 0 atom stereocenters. The van der Waals surface area contributed by atoms with Gasteiger partial charge in [0.05, 0.1) is 18.4 Å². The molecule has 0 spiro atoms. The maximum Gasteiger partial charge on any atom is 0.335 e. The van der Waals surface area contributed by atoms with E-state index in [1.54, 1.807) is 30.5 Å². The second-order valence-electron chi connectivity index (χ2n) is 4.60. The summed E-state index contributed by atoms with van der Waals surface area (Å²) in [6.45, 7) is 15.0. The Morgan fingerprint density at radius 3 is 2.17 bits per heavy atom. The number of rotatable bonds is 5. The van der Waals surface area contributed by atoms with Gasteiger partial charge in [0.25, 0.3) is 0 Å². The molecule has 0 aromatic heterocycles. The van der Waals surface area contributed by atoms with Crippen molar-refractivity contribution >= 4 is 17.9 Å². The highest BCUT2D eigenvalue weighted by Crippen LogP contribution is 2.19. The molecule has 0 saturated carbocycles. The van der Waals surface area contributed by atoms with Crippen LogP contribution in [0.1, 0.15) is 56.0 Å². The molecule has 24 heavy (non-hydrogen) atoms. The highest BCUT2D eigenvalue weighted by Gasteiger charge is 2.04. The van der Waals surface area contributed by atoms with Gasteiger partial charge in [-0.25, -0.2) is 4.79 Å². The van der Waals surface area contributed by atoms with Crippen LogP contribution in [0.3, 0.4) is 0 Å². The fourth-order valence-corrected chi connectivity index (χ4v) is 1.24. The normalized spacial score (nSPS) is 8.58. The lowest BCUT2D eigenvalue weighted by atomic mass is 10.1. The number of hydrogen-bond donors (Lipinski definition) is 1. The number of benzene rings is 1. The number of halogens is 1. The zero-order valence-electron chi connectivity index (χ0n) is 15.7. The minimum atomic E-state index is -0.928. The minimum Gasteiger partial charge on any atom is -0.478 e. The molecule has 0 aliphatic carbocycles. The van der Waals surface area contributed by atoms with Crippen molar-refractivity contribution in [2.75, 3.05) is 7.18 Å². The van der Waals surface area contributed by atoms with Crippen molar-refractivity contribution in [2.45, 2.75) is 47.0 Å². The lowest BCUT2D eigenvalue weighted by Gasteiger charge is -2.01. The van der Waals surface area contributed by atoms with Crippen LogP contribution in [0.2, 0.25) is 0 Å². The van der Waals surface area contributed by atoms with Gasteiger partial charge in [-0.15, -0.1) is 13.2 Å². The van der Waals surface area contributed by atoms with E-state index in [0.29, 0.717) is 12.9 Å². The van der Waals surface area contributed by atoms with Crippen LogP contribution in [0.25, 0.3) is 0 Å². The average Bonchev–Trinajstić information content (AvgIpc) is 2.56.